The molecule has 3 rings (SSSR count). The number of furan rings is 1. The zero-order valence-corrected chi connectivity index (χ0v) is 8.22. The Balaban J connectivity index is 2.63. The van der Waals surface area contributed by atoms with Gasteiger partial charge >= 0.3 is 0 Å². The quantitative estimate of drug-likeness (QED) is 0.613. The van der Waals surface area contributed by atoms with Crippen molar-refractivity contribution in [2.45, 2.75) is 6.92 Å². The number of para-hydroxylation sites is 1. The van der Waals surface area contributed by atoms with E-state index in [9.17, 15) is 0 Å². The number of fused-ring (bicyclic) bond motifs is 3. The van der Waals surface area contributed by atoms with Gasteiger partial charge in [0.05, 0.1) is 0 Å². The topological polar surface area (TPSA) is 41.8 Å². The molecule has 0 fully saturated rings. The first kappa shape index (κ1) is 7.88. The van der Waals surface area contributed by atoms with Crippen molar-refractivity contribution in [1.29, 1.82) is 0 Å². The number of aromatic nitrogens is 2. The highest BCUT2D eigenvalue weighted by molar-refractivity contribution is 6.34. The Morgan fingerprint density at radius 3 is 3.07 bits per heavy atom. The molecule has 0 atom stereocenters. The molecule has 2 heterocycles. The molecule has 0 aliphatic heterocycles. The number of hydrogen-bond donors (Lipinski definition) is 1. The lowest BCUT2D eigenvalue weighted by molar-refractivity contribution is 0.665. The maximum Gasteiger partial charge on any atom is 0.194 e. The van der Waals surface area contributed by atoms with Gasteiger partial charge in [0.25, 0.3) is 0 Å². The minimum absolute atomic E-state index is 0.385. The summed E-state index contributed by atoms with van der Waals surface area (Å²) in [5.41, 5.74) is 3.48. The average molecular weight is 207 g/mol. The maximum absolute atomic E-state index is 5.86. The molecular formula is C10H7ClN2O. The van der Waals surface area contributed by atoms with Crippen LogP contribution in [-0.4, -0.2) is 10.2 Å². The van der Waals surface area contributed by atoms with E-state index in [1.807, 2.05) is 25.1 Å². The normalized spacial score (nSPS) is 11.6. The van der Waals surface area contributed by atoms with Crippen LogP contribution in [0.15, 0.2) is 22.6 Å². The zero-order valence-electron chi connectivity index (χ0n) is 7.47. The highest BCUT2D eigenvalue weighted by Crippen LogP contribution is 2.32. The van der Waals surface area contributed by atoms with E-state index in [2.05, 4.69) is 10.2 Å². The third kappa shape index (κ3) is 0.849. The van der Waals surface area contributed by atoms with E-state index in [1.54, 1.807) is 0 Å². The lowest BCUT2D eigenvalue weighted by Gasteiger charge is -1.91. The molecule has 70 valence electrons. The van der Waals surface area contributed by atoms with Gasteiger partial charge in [0.2, 0.25) is 0 Å². The second-order valence-electron chi connectivity index (χ2n) is 3.27. The van der Waals surface area contributed by atoms with E-state index in [4.69, 9.17) is 16.0 Å². The highest BCUT2D eigenvalue weighted by atomic mass is 35.5. The molecule has 1 N–H and O–H groups in total. The summed E-state index contributed by atoms with van der Waals surface area (Å²) in [4.78, 5) is 0. The summed E-state index contributed by atoms with van der Waals surface area (Å²) in [6.07, 6.45) is 0. The molecule has 4 heteroatoms. The van der Waals surface area contributed by atoms with Gasteiger partial charge in [-0.15, -0.1) is 0 Å². The molecule has 14 heavy (non-hydrogen) atoms. The van der Waals surface area contributed by atoms with Gasteiger partial charge in [0, 0.05) is 5.39 Å². The van der Waals surface area contributed by atoms with Crippen molar-refractivity contribution in [1.82, 2.24) is 10.2 Å². The van der Waals surface area contributed by atoms with Crippen LogP contribution in [0.4, 0.5) is 0 Å². The van der Waals surface area contributed by atoms with E-state index in [1.165, 1.54) is 0 Å². The van der Waals surface area contributed by atoms with Crippen LogP contribution >= 0.6 is 11.6 Å². The van der Waals surface area contributed by atoms with Gasteiger partial charge in [-0.2, -0.15) is 5.10 Å². The Kier molecular flexibility index (Phi) is 1.42. The third-order valence-corrected chi connectivity index (χ3v) is 2.62. The Bertz CT molecular complexity index is 623. The molecule has 2 aromatic heterocycles. The van der Waals surface area contributed by atoms with Crippen LogP contribution in [0.3, 0.4) is 0 Å². The van der Waals surface area contributed by atoms with E-state index < -0.39 is 0 Å². The SMILES string of the molecule is Cc1cccc2c1oc1c(Cl)n[nH]c12. The van der Waals surface area contributed by atoms with Crippen LogP contribution in [0, 0.1) is 6.92 Å². The van der Waals surface area contributed by atoms with Crippen LogP contribution in [0.25, 0.3) is 22.1 Å². The molecule has 0 aliphatic rings. The second-order valence-corrected chi connectivity index (χ2v) is 3.63. The maximum atomic E-state index is 5.86. The number of benzene rings is 1. The van der Waals surface area contributed by atoms with Gasteiger partial charge in [0.1, 0.15) is 11.1 Å². The van der Waals surface area contributed by atoms with Gasteiger partial charge in [-0.1, -0.05) is 23.7 Å². The number of nitrogens with one attached hydrogen (secondary N) is 1. The number of nitrogens with zero attached hydrogens (tertiary/aromatic N) is 1. The minimum Gasteiger partial charge on any atom is -0.451 e. The van der Waals surface area contributed by atoms with Crippen LogP contribution in [0.1, 0.15) is 5.56 Å². The van der Waals surface area contributed by atoms with Gasteiger partial charge in [-0.05, 0) is 18.6 Å². The fourth-order valence-corrected chi connectivity index (χ4v) is 1.85. The Hall–Kier alpha value is -1.48. The number of H-pyrrole nitrogens is 1. The van der Waals surface area contributed by atoms with E-state index in [-0.39, 0.29) is 0 Å². The van der Waals surface area contributed by atoms with Gasteiger partial charge < -0.3 is 4.42 Å². The molecule has 0 saturated heterocycles. The molecule has 0 saturated carbocycles. The molecule has 3 nitrogen and oxygen atoms in total. The van der Waals surface area contributed by atoms with Crippen molar-refractivity contribution >= 4 is 33.7 Å². The first-order valence-electron chi connectivity index (χ1n) is 4.29. The summed E-state index contributed by atoms with van der Waals surface area (Å²) >= 11 is 5.86. The summed E-state index contributed by atoms with van der Waals surface area (Å²) in [6.45, 7) is 2.01. The van der Waals surface area contributed by atoms with Crippen molar-refractivity contribution in [3.63, 3.8) is 0 Å². The molecule has 0 spiro atoms. The Morgan fingerprint density at radius 1 is 1.36 bits per heavy atom. The Morgan fingerprint density at radius 2 is 2.21 bits per heavy atom. The van der Waals surface area contributed by atoms with E-state index in [0.29, 0.717) is 10.7 Å². The molecule has 0 radical (unpaired) electrons. The molecular weight excluding hydrogens is 200 g/mol. The molecule has 0 aliphatic carbocycles. The smallest absolute Gasteiger partial charge is 0.194 e. The monoisotopic (exact) mass is 206 g/mol. The van der Waals surface area contributed by atoms with Crippen LogP contribution in [0.2, 0.25) is 5.15 Å². The minimum atomic E-state index is 0.385. The van der Waals surface area contributed by atoms with E-state index in [0.717, 1.165) is 22.0 Å². The summed E-state index contributed by atoms with van der Waals surface area (Å²) in [6, 6.07) is 5.98. The molecule has 0 unspecified atom stereocenters. The molecule has 0 bridgehead atoms. The first-order chi connectivity index (χ1) is 6.77. The molecule has 3 aromatic rings. The average Bonchev–Trinajstić information content (AvgIpc) is 2.69. The van der Waals surface area contributed by atoms with Gasteiger partial charge in [-0.3, -0.25) is 5.10 Å². The number of aryl methyl sites for hydroxylation is 1. The lowest BCUT2D eigenvalue weighted by Crippen LogP contribution is -1.73. The number of aromatic amines is 1. The number of rotatable bonds is 0. The van der Waals surface area contributed by atoms with Crippen molar-refractivity contribution in [3.05, 3.63) is 28.9 Å². The lowest BCUT2D eigenvalue weighted by atomic mass is 10.2. The molecule has 1 aromatic carbocycles. The summed E-state index contributed by atoms with van der Waals surface area (Å²) in [5, 5.41) is 8.16. The summed E-state index contributed by atoms with van der Waals surface area (Å²) in [5.74, 6) is 0. The van der Waals surface area contributed by atoms with E-state index >= 15 is 0 Å². The van der Waals surface area contributed by atoms with Crippen molar-refractivity contribution < 1.29 is 4.42 Å². The second kappa shape index (κ2) is 2.51. The zero-order chi connectivity index (χ0) is 9.71. The van der Waals surface area contributed by atoms with Gasteiger partial charge in [0.15, 0.2) is 10.7 Å². The Labute approximate surface area is 84.7 Å². The van der Waals surface area contributed by atoms with Crippen LogP contribution in [-0.2, 0) is 0 Å². The van der Waals surface area contributed by atoms with Crippen molar-refractivity contribution in [2.75, 3.05) is 0 Å². The fraction of sp³-hybridized carbons (Fsp3) is 0.100. The fourth-order valence-electron chi connectivity index (χ4n) is 1.67. The van der Waals surface area contributed by atoms with Crippen LogP contribution in [0.5, 0.6) is 0 Å². The first-order valence-corrected chi connectivity index (χ1v) is 4.67. The molecule has 0 amide bonds. The standard InChI is InChI=1S/C10H7ClN2O/c1-5-3-2-4-6-7-9(14-8(5)6)10(11)13-12-7/h2-4H,1H3,(H,12,13). The van der Waals surface area contributed by atoms with Crippen molar-refractivity contribution in [2.24, 2.45) is 0 Å². The largest absolute Gasteiger partial charge is 0.451 e. The predicted molar refractivity (Wildman–Crippen MR) is 55.6 cm³/mol. The van der Waals surface area contributed by atoms with Gasteiger partial charge in [-0.25, -0.2) is 0 Å². The highest BCUT2D eigenvalue weighted by Gasteiger charge is 2.13. The summed E-state index contributed by atoms with van der Waals surface area (Å²) < 4.78 is 5.63. The number of hydrogen-bond acceptors (Lipinski definition) is 2. The van der Waals surface area contributed by atoms with Crippen LogP contribution < -0.4 is 0 Å². The third-order valence-electron chi connectivity index (χ3n) is 2.37. The van der Waals surface area contributed by atoms with Crippen molar-refractivity contribution in [3.8, 4) is 0 Å². The predicted octanol–water partition coefficient (Wildman–Crippen LogP) is 3.27. The summed E-state index contributed by atoms with van der Waals surface area (Å²) in [7, 11) is 0. The number of halogens is 1.